The molecule has 3 heterocycles. The summed E-state index contributed by atoms with van der Waals surface area (Å²) >= 11 is -1.39. The van der Waals surface area contributed by atoms with E-state index < -0.39 is 46.1 Å². The molecule has 17 heteroatoms. The number of hydrogen-bond acceptors (Lipinski definition) is 9. The second-order valence-electron chi connectivity index (χ2n) is 7.24. The van der Waals surface area contributed by atoms with Crippen molar-refractivity contribution in [1.82, 2.24) is 24.5 Å². The highest BCUT2D eigenvalue weighted by molar-refractivity contribution is 7.89. The van der Waals surface area contributed by atoms with Gasteiger partial charge in [-0.2, -0.15) is 31.4 Å². The van der Waals surface area contributed by atoms with Gasteiger partial charge in [0.25, 0.3) is 5.56 Å². The number of halogens is 6. The average molecular weight is 529 g/mol. The van der Waals surface area contributed by atoms with Gasteiger partial charge in [0.05, 0.1) is 43.8 Å². The standard InChI is InChI=1S/C18H21F6N7O3S/c19-17(20,21)12-9-26-16(27-10-12)30-2-4-31(5-3-30)35(33)8-7-34-6-1-25-13-11-28-29-15(32)14(13)18(22,23)24/h9-11H,1-8H2,(H2,25,29,32). The first-order valence-electron chi connectivity index (χ1n) is 10.2. The largest absolute Gasteiger partial charge is 0.598 e. The summed E-state index contributed by atoms with van der Waals surface area (Å²) in [5, 5.41) is 7.53. The van der Waals surface area contributed by atoms with Gasteiger partial charge < -0.3 is 19.5 Å². The Labute approximate surface area is 198 Å². The molecule has 0 radical (unpaired) electrons. The van der Waals surface area contributed by atoms with E-state index in [-0.39, 0.29) is 31.5 Å². The minimum absolute atomic E-state index is 0.000331. The van der Waals surface area contributed by atoms with E-state index in [2.05, 4.69) is 20.4 Å². The topological polar surface area (TPSA) is 122 Å². The first-order valence-corrected chi connectivity index (χ1v) is 11.5. The molecule has 1 atom stereocenters. The molecule has 2 N–H and O–H groups in total. The van der Waals surface area contributed by atoms with E-state index >= 15 is 0 Å². The smallest absolute Gasteiger partial charge is 0.423 e. The lowest BCUT2D eigenvalue weighted by atomic mass is 10.2. The van der Waals surface area contributed by atoms with Gasteiger partial charge in [0.1, 0.15) is 11.3 Å². The molecule has 0 aromatic carbocycles. The van der Waals surface area contributed by atoms with Crippen LogP contribution in [0.4, 0.5) is 38.0 Å². The normalized spacial score (nSPS) is 16.4. The summed E-state index contributed by atoms with van der Waals surface area (Å²) < 4.78 is 96.2. The van der Waals surface area contributed by atoms with E-state index in [9.17, 15) is 35.7 Å². The second kappa shape index (κ2) is 11.4. The third-order valence-electron chi connectivity index (χ3n) is 4.88. The van der Waals surface area contributed by atoms with E-state index in [0.29, 0.717) is 26.2 Å². The molecule has 1 fully saturated rings. The van der Waals surface area contributed by atoms with Gasteiger partial charge in [0, 0.05) is 43.4 Å². The molecule has 0 spiro atoms. The van der Waals surface area contributed by atoms with Gasteiger partial charge in [-0.05, 0) is 0 Å². The number of alkyl halides is 6. The molecule has 194 valence electrons. The maximum Gasteiger partial charge on any atom is 0.423 e. The number of H-pyrrole nitrogens is 1. The lowest BCUT2D eigenvalue weighted by Gasteiger charge is -2.34. The number of ether oxygens (including phenoxy) is 1. The highest BCUT2D eigenvalue weighted by atomic mass is 32.2. The van der Waals surface area contributed by atoms with Crippen LogP contribution in [-0.2, 0) is 28.5 Å². The lowest BCUT2D eigenvalue weighted by molar-refractivity contribution is -0.139. The van der Waals surface area contributed by atoms with Crippen molar-refractivity contribution in [3.63, 3.8) is 0 Å². The predicted molar refractivity (Wildman–Crippen MR) is 113 cm³/mol. The Balaban J connectivity index is 1.36. The second-order valence-corrected chi connectivity index (χ2v) is 8.80. The molecule has 1 aliphatic heterocycles. The number of piperazine rings is 1. The van der Waals surface area contributed by atoms with Crippen LogP contribution in [0.25, 0.3) is 0 Å². The number of aromatic amines is 1. The Morgan fingerprint density at radius 2 is 1.69 bits per heavy atom. The van der Waals surface area contributed by atoms with Crippen molar-refractivity contribution < 1.29 is 35.6 Å². The first-order chi connectivity index (χ1) is 16.5. The zero-order valence-corrected chi connectivity index (χ0v) is 18.8. The molecule has 1 aliphatic rings. The SMILES string of the molecule is O=c1[nH]ncc(NCCOCC[S+]([O-])N2CCN(c3ncc(C(F)(F)F)cn3)CC2)c1C(F)(F)F. The monoisotopic (exact) mass is 529 g/mol. The quantitative estimate of drug-likeness (QED) is 0.283. The minimum Gasteiger partial charge on any atom is -0.598 e. The third-order valence-corrected chi connectivity index (χ3v) is 6.34. The van der Waals surface area contributed by atoms with Crippen LogP contribution in [0, 0.1) is 0 Å². The molecule has 2 aromatic heterocycles. The van der Waals surface area contributed by atoms with Gasteiger partial charge in [-0.15, -0.1) is 4.31 Å². The van der Waals surface area contributed by atoms with Crippen molar-refractivity contribution in [1.29, 1.82) is 0 Å². The van der Waals surface area contributed by atoms with E-state index in [1.807, 2.05) is 0 Å². The van der Waals surface area contributed by atoms with Gasteiger partial charge in [0.15, 0.2) is 0 Å². The minimum atomic E-state index is -4.85. The van der Waals surface area contributed by atoms with Gasteiger partial charge >= 0.3 is 12.4 Å². The number of aromatic nitrogens is 4. The molecular formula is C18H21F6N7O3S. The fourth-order valence-corrected chi connectivity index (χ4v) is 4.24. The Kier molecular flexibility index (Phi) is 8.79. The Morgan fingerprint density at radius 3 is 2.29 bits per heavy atom. The fraction of sp³-hybridized carbons (Fsp3) is 0.556. The molecule has 0 bridgehead atoms. The average Bonchev–Trinajstić information content (AvgIpc) is 2.80. The van der Waals surface area contributed by atoms with Gasteiger partial charge in [-0.3, -0.25) is 4.79 Å². The maximum atomic E-state index is 13.0. The highest BCUT2D eigenvalue weighted by Crippen LogP contribution is 2.31. The third kappa shape index (κ3) is 7.42. The highest BCUT2D eigenvalue weighted by Gasteiger charge is 2.37. The summed E-state index contributed by atoms with van der Waals surface area (Å²) in [4.78, 5) is 20.6. The maximum absolute atomic E-state index is 13.0. The Bertz CT molecular complexity index is 1010. The zero-order chi connectivity index (χ0) is 25.6. The van der Waals surface area contributed by atoms with Crippen LogP contribution >= 0.6 is 0 Å². The van der Waals surface area contributed by atoms with Gasteiger partial charge in [-0.25, -0.2) is 15.1 Å². The van der Waals surface area contributed by atoms with E-state index in [0.717, 1.165) is 18.6 Å². The molecule has 3 rings (SSSR count). The molecule has 10 nitrogen and oxygen atoms in total. The number of anilines is 2. The van der Waals surface area contributed by atoms with Crippen LogP contribution in [0.2, 0.25) is 0 Å². The van der Waals surface area contributed by atoms with E-state index in [4.69, 9.17) is 4.74 Å². The van der Waals surface area contributed by atoms with Crippen molar-refractivity contribution in [3.05, 3.63) is 40.1 Å². The molecular weight excluding hydrogens is 508 g/mol. The summed E-state index contributed by atoms with van der Waals surface area (Å²) in [6, 6.07) is 0. The van der Waals surface area contributed by atoms with Gasteiger partial charge in [-0.1, -0.05) is 0 Å². The van der Waals surface area contributed by atoms with Crippen molar-refractivity contribution in [3.8, 4) is 0 Å². The molecule has 0 amide bonds. The fourth-order valence-electron chi connectivity index (χ4n) is 3.16. The van der Waals surface area contributed by atoms with Crippen molar-refractivity contribution in [2.45, 2.75) is 12.4 Å². The van der Waals surface area contributed by atoms with Crippen LogP contribution in [0.3, 0.4) is 0 Å². The molecule has 0 saturated carbocycles. The number of rotatable bonds is 9. The molecule has 0 aliphatic carbocycles. The lowest BCUT2D eigenvalue weighted by Crippen LogP contribution is -2.50. The van der Waals surface area contributed by atoms with E-state index in [1.54, 1.807) is 14.3 Å². The molecule has 1 saturated heterocycles. The number of hydrogen-bond donors (Lipinski definition) is 2. The van der Waals surface area contributed by atoms with Gasteiger partial charge in [0.2, 0.25) is 5.95 Å². The summed E-state index contributed by atoms with van der Waals surface area (Å²) in [5.41, 5.74) is -4.15. The number of nitrogens with zero attached hydrogens (tertiary/aromatic N) is 5. The summed E-state index contributed by atoms with van der Waals surface area (Å²) in [6.07, 6.45) is -7.07. The predicted octanol–water partition coefficient (Wildman–Crippen LogP) is 1.51. The van der Waals surface area contributed by atoms with Crippen LogP contribution in [0.5, 0.6) is 0 Å². The summed E-state index contributed by atoms with van der Waals surface area (Å²) in [6.45, 7) is 1.52. The van der Waals surface area contributed by atoms with Crippen LogP contribution in [0.1, 0.15) is 11.1 Å². The Hall–Kier alpha value is -2.63. The zero-order valence-electron chi connectivity index (χ0n) is 18.0. The molecule has 35 heavy (non-hydrogen) atoms. The van der Waals surface area contributed by atoms with Crippen molar-refractivity contribution in [2.24, 2.45) is 0 Å². The summed E-state index contributed by atoms with van der Waals surface area (Å²) in [5.74, 6) is 0.306. The van der Waals surface area contributed by atoms with Crippen LogP contribution in [0.15, 0.2) is 23.4 Å². The van der Waals surface area contributed by atoms with Crippen LogP contribution < -0.4 is 15.8 Å². The molecule has 2 aromatic rings. The van der Waals surface area contributed by atoms with Crippen molar-refractivity contribution in [2.75, 3.05) is 61.9 Å². The molecule has 1 unspecified atom stereocenters. The van der Waals surface area contributed by atoms with Crippen molar-refractivity contribution >= 4 is 23.0 Å². The number of nitrogens with one attached hydrogen (secondary N) is 2. The van der Waals surface area contributed by atoms with E-state index in [1.165, 1.54) is 0 Å². The summed E-state index contributed by atoms with van der Waals surface area (Å²) in [7, 11) is 0. The Morgan fingerprint density at radius 1 is 1.03 bits per heavy atom. The van der Waals surface area contributed by atoms with Crippen LogP contribution in [-0.4, -0.2) is 80.7 Å². The first kappa shape index (κ1) is 27.0.